The van der Waals surface area contributed by atoms with E-state index in [1.165, 1.54) is 6.07 Å². The molecule has 1 aromatic heterocycles. The minimum Gasteiger partial charge on any atom is -0.496 e. The summed E-state index contributed by atoms with van der Waals surface area (Å²) in [6.45, 7) is 4.16. The number of methoxy groups -OCH3 is 1. The highest BCUT2D eigenvalue weighted by molar-refractivity contribution is 9.10. The zero-order chi connectivity index (χ0) is 17.7. The summed E-state index contributed by atoms with van der Waals surface area (Å²) in [7, 11) is 1.62. The van der Waals surface area contributed by atoms with Gasteiger partial charge in [-0.15, -0.1) is 0 Å². The minimum atomic E-state index is -0.307. The molecule has 1 heterocycles. The summed E-state index contributed by atoms with van der Waals surface area (Å²) in [6, 6.07) is 4.85. The Morgan fingerprint density at radius 1 is 1.38 bits per heavy atom. The van der Waals surface area contributed by atoms with E-state index in [1.807, 2.05) is 13.8 Å². The molecule has 0 aliphatic rings. The average molecular weight is 395 g/mol. The standard InChI is InChI=1S/C18H20BrFN2O2/c1-11-9-21-16(12(2)18(11)24-3)10-22-17(23)7-5-13-4-6-14(19)8-15(13)20/h4,6,8-9H,5,7,10H2,1-3H3,(H,22,23). The van der Waals surface area contributed by atoms with Crippen LogP contribution in [0.4, 0.5) is 4.39 Å². The zero-order valence-corrected chi connectivity index (χ0v) is 15.5. The summed E-state index contributed by atoms with van der Waals surface area (Å²) in [5.41, 5.74) is 3.16. The van der Waals surface area contributed by atoms with Crippen LogP contribution in [0.2, 0.25) is 0 Å². The molecule has 0 saturated heterocycles. The molecule has 1 N–H and O–H groups in total. The Hall–Kier alpha value is -1.95. The number of rotatable bonds is 6. The molecule has 0 spiro atoms. The quantitative estimate of drug-likeness (QED) is 0.808. The van der Waals surface area contributed by atoms with Crippen LogP contribution in [0, 0.1) is 19.7 Å². The first-order valence-corrected chi connectivity index (χ1v) is 8.41. The van der Waals surface area contributed by atoms with E-state index < -0.39 is 0 Å². The lowest BCUT2D eigenvalue weighted by Gasteiger charge is -2.13. The number of hydrogen-bond acceptors (Lipinski definition) is 3. The molecular formula is C18H20BrFN2O2. The Balaban J connectivity index is 1.92. The van der Waals surface area contributed by atoms with Gasteiger partial charge >= 0.3 is 0 Å². The molecule has 0 fully saturated rings. The number of halogens is 2. The third-order valence-corrected chi connectivity index (χ3v) is 4.33. The van der Waals surface area contributed by atoms with Crippen molar-refractivity contribution in [3.63, 3.8) is 0 Å². The Morgan fingerprint density at radius 2 is 2.12 bits per heavy atom. The lowest BCUT2D eigenvalue weighted by molar-refractivity contribution is -0.121. The molecule has 0 unspecified atom stereocenters. The Kier molecular flexibility index (Phi) is 6.31. The number of pyridine rings is 1. The van der Waals surface area contributed by atoms with Gasteiger partial charge in [-0.1, -0.05) is 22.0 Å². The van der Waals surface area contributed by atoms with Gasteiger partial charge in [-0.2, -0.15) is 0 Å². The molecule has 1 aromatic carbocycles. The summed E-state index contributed by atoms with van der Waals surface area (Å²) in [5, 5.41) is 2.82. The van der Waals surface area contributed by atoms with E-state index in [4.69, 9.17) is 4.74 Å². The largest absolute Gasteiger partial charge is 0.496 e. The highest BCUT2D eigenvalue weighted by Crippen LogP contribution is 2.23. The average Bonchev–Trinajstić information content (AvgIpc) is 2.54. The number of amides is 1. The maximum absolute atomic E-state index is 13.7. The Morgan fingerprint density at radius 3 is 2.79 bits per heavy atom. The van der Waals surface area contributed by atoms with Crippen LogP contribution in [0.1, 0.15) is 28.8 Å². The number of benzene rings is 1. The fourth-order valence-corrected chi connectivity index (χ4v) is 2.83. The van der Waals surface area contributed by atoms with E-state index in [-0.39, 0.29) is 18.1 Å². The van der Waals surface area contributed by atoms with Crippen LogP contribution in [0.15, 0.2) is 28.9 Å². The number of hydrogen-bond donors (Lipinski definition) is 1. The van der Waals surface area contributed by atoms with Crippen LogP contribution in [0.3, 0.4) is 0 Å². The van der Waals surface area contributed by atoms with Gasteiger partial charge in [-0.25, -0.2) is 4.39 Å². The van der Waals surface area contributed by atoms with Gasteiger partial charge in [0.2, 0.25) is 5.91 Å². The molecule has 0 saturated carbocycles. The molecule has 1 amide bonds. The van der Waals surface area contributed by atoms with Gasteiger partial charge in [0.25, 0.3) is 0 Å². The van der Waals surface area contributed by atoms with Gasteiger partial charge in [0.1, 0.15) is 11.6 Å². The van der Waals surface area contributed by atoms with Gasteiger partial charge in [-0.05, 0) is 38.0 Å². The van der Waals surface area contributed by atoms with E-state index in [0.29, 0.717) is 23.0 Å². The monoisotopic (exact) mass is 394 g/mol. The molecule has 0 atom stereocenters. The predicted molar refractivity (Wildman–Crippen MR) is 94.5 cm³/mol. The number of ether oxygens (including phenoxy) is 1. The first kappa shape index (κ1) is 18.4. The van der Waals surface area contributed by atoms with Crippen molar-refractivity contribution in [2.45, 2.75) is 33.2 Å². The Bertz CT molecular complexity index is 750. The first-order chi connectivity index (χ1) is 11.4. The molecule has 24 heavy (non-hydrogen) atoms. The van der Waals surface area contributed by atoms with E-state index in [2.05, 4.69) is 26.2 Å². The minimum absolute atomic E-state index is 0.141. The highest BCUT2D eigenvalue weighted by Gasteiger charge is 2.11. The van der Waals surface area contributed by atoms with Crippen molar-refractivity contribution < 1.29 is 13.9 Å². The molecule has 0 bridgehead atoms. The lowest BCUT2D eigenvalue weighted by Crippen LogP contribution is -2.24. The summed E-state index contributed by atoms with van der Waals surface area (Å²) in [4.78, 5) is 16.3. The van der Waals surface area contributed by atoms with E-state index in [1.54, 1.807) is 25.4 Å². The van der Waals surface area contributed by atoms with Crippen molar-refractivity contribution in [1.29, 1.82) is 0 Å². The molecular weight excluding hydrogens is 375 g/mol. The second-order valence-electron chi connectivity index (χ2n) is 5.56. The molecule has 2 rings (SSSR count). The van der Waals surface area contributed by atoms with Gasteiger partial charge in [0.15, 0.2) is 0 Å². The lowest BCUT2D eigenvalue weighted by atomic mass is 10.1. The summed E-state index contributed by atoms with van der Waals surface area (Å²) < 4.78 is 19.8. The predicted octanol–water partition coefficient (Wildman–Crippen LogP) is 3.86. The molecule has 0 radical (unpaired) electrons. The SMILES string of the molecule is COc1c(C)cnc(CNC(=O)CCc2ccc(Br)cc2F)c1C. The number of nitrogens with one attached hydrogen (secondary N) is 1. The number of aromatic nitrogens is 1. The van der Waals surface area contributed by atoms with Crippen LogP contribution in [0.5, 0.6) is 5.75 Å². The second-order valence-corrected chi connectivity index (χ2v) is 6.47. The van der Waals surface area contributed by atoms with Gasteiger partial charge in [0, 0.05) is 28.2 Å². The van der Waals surface area contributed by atoms with E-state index >= 15 is 0 Å². The van der Waals surface area contributed by atoms with Crippen molar-refractivity contribution in [3.8, 4) is 5.75 Å². The summed E-state index contributed by atoms with van der Waals surface area (Å²) in [5.74, 6) is 0.335. The fraction of sp³-hybridized carbons (Fsp3) is 0.333. The topological polar surface area (TPSA) is 51.2 Å². The molecule has 6 heteroatoms. The maximum atomic E-state index is 13.7. The van der Waals surface area contributed by atoms with Gasteiger partial charge in [-0.3, -0.25) is 9.78 Å². The molecule has 2 aromatic rings. The van der Waals surface area contributed by atoms with Crippen LogP contribution < -0.4 is 10.1 Å². The molecule has 4 nitrogen and oxygen atoms in total. The van der Waals surface area contributed by atoms with Gasteiger partial charge < -0.3 is 10.1 Å². The number of nitrogens with zero attached hydrogens (tertiary/aromatic N) is 1. The zero-order valence-electron chi connectivity index (χ0n) is 14.0. The van der Waals surface area contributed by atoms with Crippen molar-refractivity contribution >= 4 is 21.8 Å². The third kappa shape index (κ3) is 4.54. The molecule has 0 aliphatic heterocycles. The number of aryl methyl sites for hydroxylation is 2. The van der Waals surface area contributed by atoms with Crippen molar-refractivity contribution in [1.82, 2.24) is 10.3 Å². The summed E-state index contributed by atoms with van der Waals surface area (Å²) in [6.07, 6.45) is 2.31. The Labute approximate surface area is 149 Å². The molecule has 0 aliphatic carbocycles. The van der Waals surface area contributed by atoms with Crippen LogP contribution in [-0.4, -0.2) is 18.0 Å². The maximum Gasteiger partial charge on any atom is 0.220 e. The fourth-order valence-electron chi connectivity index (χ4n) is 2.49. The second kappa shape index (κ2) is 8.24. The van der Waals surface area contributed by atoms with E-state index in [0.717, 1.165) is 22.6 Å². The number of carbonyl (C=O) groups excluding carboxylic acids is 1. The van der Waals surface area contributed by atoms with Crippen molar-refractivity contribution in [2.24, 2.45) is 0 Å². The van der Waals surface area contributed by atoms with Crippen molar-refractivity contribution in [3.05, 3.63) is 57.1 Å². The smallest absolute Gasteiger partial charge is 0.220 e. The third-order valence-electron chi connectivity index (χ3n) is 3.84. The first-order valence-electron chi connectivity index (χ1n) is 7.62. The number of carbonyl (C=O) groups is 1. The summed E-state index contributed by atoms with van der Waals surface area (Å²) >= 11 is 3.21. The van der Waals surface area contributed by atoms with E-state index in [9.17, 15) is 9.18 Å². The van der Waals surface area contributed by atoms with Gasteiger partial charge in [0.05, 0.1) is 19.3 Å². The molecule has 128 valence electrons. The van der Waals surface area contributed by atoms with Crippen LogP contribution >= 0.6 is 15.9 Å². The van der Waals surface area contributed by atoms with Crippen LogP contribution in [-0.2, 0) is 17.8 Å². The van der Waals surface area contributed by atoms with Crippen LogP contribution in [0.25, 0.3) is 0 Å². The highest BCUT2D eigenvalue weighted by atomic mass is 79.9. The van der Waals surface area contributed by atoms with Crippen molar-refractivity contribution in [2.75, 3.05) is 7.11 Å². The normalized spacial score (nSPS) is 10.5.